The summed E-state index contributed by atoms with van der Waals surface area (Å²) in [5.41, 5.74) is 9.10. The van der Waals surface area contributed by atoms with E-state index in [2.05, 4.69) is 31.0 Å². The van der Waals surface area contributed by atoms with Crippen molar-refractivity contribution in [2.75, 3.05) is 0 Å². The SMILES string of the molecule is CCc1nc(-c2ccccc2C)sc1C(N)=S. The normalized spacial score (nSPS) is 10.5. The molecule has 0 saturated carbocycles. The van der Waals surface area contributed by atoms with Crippen LogP contribution in [0.5, 0.6) is 0 Å². The number of hydrogen-bond donors (Lipinski definition) is 1. The van der Waals surface area contributed by atoms with Crippen molar-refractivity contribution in [1.82, 2.24) is 4.98 Å². The highest BCUT2D eigenvalue weighted by Crippen LogP contribution is 2.30. The number of thiocarbonyl (C=S) groups is 1. The summed E-state index contributed by atoms with van der Waals surface area (Å²) >= 11 is 6.64. The first kappa shape index (κ1) is 12.2. The van der Waals surface area contributed by atoms with Crippen molar-refractivity contribution >= 4 is 28.5 Å². The fourth-order valence-corrected chi connectivity index (χ4v) is 3.05. The van der Waals surface area contributed by atoms with Gasteiger partial charge in [0.2, 0.25) is 0 Å². The second-order valence-electron chi connectivity index (χ2n) is 3.83. The molecule has 0 aliphatic carbocycles. The van der Waals surface area contributed by atoms with Crippen molar-refractivity contribution in [2.24, 2.45) is 5.73 Å². The summed E-state index contributed by atoms with van der Waals surface area (Å²) in [4.78, 5) is 6.02. The van der Waals surface area contributed by atoms with Gasteiger partial charge < -0.3 is 5.73 Å². The van der Waals surface area contributed by atoms with Crippen LogP contribution in [0.4, 0.5) is 0 Å². The highest BCUT2D eigenvalue weighted by Gasteiger charge is 2.13. The van der Waals surface area contributed by atoms with E-state index in [1.807, 2.05) is 12.1 Å². The molecule has 2 nitrogen and oxygen atoms in total. The Labute approximate surface area is 111 Å². The maximum Gasteiger partial charge on any atom is 0.124 e. The predicted molar refractivity (Wildman–Crippen MR) is 77.6 cm³/mol. The van der Waals surface area contributed by atoms with Crippen LogP contribution in [0.15, 0.2) is 24.3 Å². The average Bonchev–Trinajstić information content (AvgIpc) is 2.73. The van der Waals surface area contributed by atoms with Gasteiger partial charge in [-0.25, -0.2) is 4.98 Å². The summed E-state index contributed by atoms with van der Waals surface area (Å²) in [7, 11) is 0. The minimum atomic E-state index is 0.444. The first-order valence-corrected chi connectivity index (χ1v) is 6.71. The summed E-state index contributed by atoms with van der Waals surface area (Å²) < 4.78 is 0. The fourth-order valence-electron chi connectivity index (χ4n) is 1.71. The maximum absolute atomic E-state index is 5.72. The van der Waals surface area contributed by atoms with Gasteiger partial charge in [-0.3, -0.25) is 0 Å². The molecule has 0 unspecified atom stereocenters. The molecule has 0 amide bonds. The van der Waals surface area contributed by atoms with Crippen LogP contribution in [0.25, 0.3) is 10.6 Å². The molecule has 2 aromatic rings. The van der Waals surface area contributed by atoms with Crippen molar-refractivity contribution in [2.45, 2.75) is 20.3 Å². The van der Waals surface area contributed by atoms with Gasteiger partial charge in [0, 0.05) is 5.56 Å². The van der Waals surface area contributed by atoms with Gasteiger partial charge in [0.25, 0.3) is 0 Å². The number of nitrogens with two attached hydrogens (primary N) is 1. The Morgan fingerprint density at radius 2 is 2.12 bits per heavy atom. The Hall–Kier alpha value is -1.26. The van der Waals surface area contributed by atoms with Crippen LogP contribution >= 0.6 is 23.6 Å². The van der Waals surface area contributed by atoms with Gasteiger partial charge in [0.1, 0.15) is 10.00 Å². The van der Waals surface area contributed by atoms with Crippen LogP contribution in [0, 0.1) is 6.92 Å². The maximum atomic E-state index is 5.72. The van der Waals surface area contributed by atoms with Gasteiger partial charge in [-0.05, 0) is 18.9 Å². The lowest BCUT2D eigenvalue weighted by molar-refractivity contribution is 1.06. The van der Waals surface area contributed by atoms with Crippen molar-refractivity contribution in [3.63, 3.8) is 0 Å². The van der Waals surface area contributed by atoms with Crippen LogP contribution in [0.2, 0.25) is 0 Å². The molecule has 4 heteroatoms. The van der Waals surface area contributed by atoms with Crippen LogP contribution in [0.1, 0.15) is 23.1 Å². The lowest BCUT2D eigenvalue weighted by atomic mass is 10.1. The number of aryl methyl sites for hydroxylation is 2. The number of thiazole rings is 1. The Kier molecular flexibility index (Phi) is 3.54. The molecule has 0 bridgehead atoms. The molecule has 17 heavy (non-hydrogen) atoms. The molecule has 1 aromatic carbocycles. The summed E-state index contributed by atoms with van der Waals surface area (Å²) in [5.74, 6) is 0. The Morgan fingerprint density at radius 3 is 2.65 bits per heavy atom. The van der Waals surface area contributed by atoms with Crippen LogP contribution in [-0.4, -0.2) is 9.97 Å². The summed E-state index contributed by atoms with van der Waals surface area (Å²) in [6, 6.07) is 8.22. The minimum absolute atomic E-state index is 0.444. The standard InChI is InChI=1S/C13H14N2S2/c1-3-10-11(12(14)16)17-13(15-10)9-7-5-4-6-8(9)2/h4-7H,3H2,1-2H3,(H2,14,16). The van der Waals surface area contributed by atoms with E-state index in [1.165, 1.54) is 5.56 Å². The molecule has 0 aliphatic rings. The predicted octanol–water partition coefficient (Wildman–Crippen LogP) is 3.32. The molecule has 88 valence electrons. The molecule has 0 atom stereocenters. The van der Waals surface area contributed by atoms with Crippen molar-refractivity contribution in [1.29, 1.82) is 0 Å². The molecular weight excluding hydrogens is 248 g/mol. The van der Waals surface area contributed by atoms with Gasteiger partial charge in [0.05, 0.1) is 10.6 Å². The largest absolute Gasteiger partial charge is 0.389 e. The molecule has 2 rings (SSSR count). The molecule has 2 N–H and O–H groups in total. The quantitative estimate of drug-likeness (QED) is 0.862. The molecule has 0 spiro atoms. The fraction of sp³-hybridized carbons (Fsp3) is 0.231. The summed E-state index contributed by atoms with van der Waals surface area (Å²) in [6.07, 6.45) is 0.856. The third-order valence-corrected chi connectivity index (χ3v) is 4.13. The zero-order valence-corrected chi connectivity index (χ0v) is 11.5. The summed E-state index contributed by atoms with van der Waals surface area (Å²) in [6.45, 7) is 4.15. The number of rotatable bonds is 3. The van der Waals surface area contributed by atoms with E-state index in [0.717, 1.165) is 27.6 Å². The Morgan fingerprint density at radius 1 is 1.41 bits per heavy atom. The van der Waals surface area contributed by atoms with Crippen molar-refractivity contribution < 1.29 is 0 Å². The van der Waals surface area contributed by atoms with E-state index >= 15 is 0 Å². The van der Waals surface area contributed by atoms with E-state index in [9.17, 15) is 0 Å². The van der Waals surface area contributed by atoms with E-state index in [-0.39, 0.29) is 0 Å². The van der Waals surface area contributed by atoms with Crippen LogP contribution < -0.4 is 5.73 Å². The van der Waals surface area contributed by atoms with Gasteiger partial charge in [-0.2, -0.15) is 0 Å². The lowest BCUT2D eigenvalue weighted by Crippen LogP contribution is -2.09. The molecule has 0 saturated heterocycles. The minimum Gasteiger partial charge on any atom is -0.389 e. The topological polar surface area (TPSA) is 38.9 Å². The van der Waals surface area contributed by atoms with Gasteiger partial charge in [-0.15, -0.1) is 11.3 Å². The van der Waals surface area contributed by atoms with E-state index in [1.54, 1.807) is 11.3 Å². The van der Waals surface area contributed by atoms with Gasteiger partial charge in [0.15, 0.2) is 0 Å². The molecule has 1 heterocycles. The molecule has 0 fully saturated rings. The third-order valence-electron chi connectivity index (χ3n) is 2.63. The third kappa shape index (κ3) is 2.37. The number of aromatic nitrogens is 1. The van der Waals surface area contributed by atoms with E-state index in [0.29, 0.717) is 4.99 Å². The molecule has 0 radical (unpaired) electrons. The van der Waals surface area contributed by atoms with Gasteiger partial charge in [-0.1, -0.05) is 43.4 Å². The smallest absolute Gasteiger partial charge is 0.124 e. The Balaban J connectivity index is 2.54. The zero-order valence-electron chi connectivity index (χ0n) is 9.86. The zero-order chi connectivity index (χ0) is 12.4. The monoisotopic (exact) mass is 262 g/mol. The second kappa shape index (κ2) is 4.94. The second-order valence-corrected chi connectivity index (χ2v) is 5.27. The van der Waals surface area contributed by atoms with Crippen LogP contribution in [0.3, 0.4) is 0 Å². The number of nitrogens with zero attached hydrogens (tertiary/aromatic N) is 1. The van der Waals surface area contributed by atoms with Gasteiger partial charge >= 0.3 is 0 Å². The molecular formula is C13H14N2S2. The summed E-state index contributed by atoms with van der Waals surface area (Å²) in [5, 5.41) is 1.00. The number of benzene rings is 1. The van der Waals surface area contributed by atoms with Crippen molar-refractivity contribution in [3.8, 4) is 10.6 Å². The van der Waals surface area contributed by atoms with E-state index < -0.39 is 0 Å². The van der Waals surface area contributed by atoms with Crippen molar-refractivity contribution in [3.05, 3.63) is 40.4 Å². The average molecular weight is 262 g/mol. The highest BCUT2D eigenvalue weighted by atomic mass is 32.1. The lowest BCUT2D eigenvalue weighted by Gasteiger charge is -1.99. The van der Waals surface area contributed by atoms with Crippen LogP contribution in [-0.2, 0) is 6.42 Å². The highest BCUT2D eigenvalue weighted by molar-refractivity contribution is 7.81. The first-order valence-electron chi connectivity index (χ1n) is 5.49. The first-order chi connectivity index (χ1) is 8.13. The number of hydrogen-bond acceptors (Lipinski definition) is 3. The Bertz CT molecular complexity index is 558. The van der Waals surface area contributed by atoms with E-state index in [4.69, 9.17) is 18.0 Å². The molecule has 0 aliphatic heterocycles. The molecule has 1 aromatic heterocycles.